The molecule has 2 aromatic carbocycles. The number of benzene rings is 2. The third-order valence-electron chi connectivity index (χ3n) is 4.20. The molecule has 3 N–H and O–H groups in total. The summed E-state index contributed by atoms with van der Waals surface area (Å²) < 4.78 is 15.2. The fourth-order valence-corrected chi connectivity index (χ4v) is 2.94. The number of para-hydroxylation sites is 1. The molecule has 0 saturated heterocycles. The second kappa shape index (κ2) is 6.76. The van der Waals surface area contributed by atoms with E-state index in [0.717, 1.165) is 22.2 Å². The fraction of sp³-hybridized carbons (Fsp3) is 0.0500. The van der Waals surface area contributed by atoms with Crippen molar-refractivity contribution in [3.05, 3.63) is 90.2 Å². The molecule has 2 heterocycles. The van der Waals surface area contributed by atoms with Crippen molar-refractivity contribution in [2.24, 2.45) is 0 Å². The molecule has 0 bridgehead atoms. The number of amides is 1. The van der Waals surface area contributed by atoms with E-state index in [0.29, 0.717) is 12.2 Å². The van der Waals surface area contributed by atoms with Crippen molar-refractivity contribution < 1.29 is 9.18 Å². The van der Waals surface area contributed by atoms with Gasteiger partial charge in [-0.2, -0.15) is 0 Å². The molecule has 1 aliphatic rings. The second-order valence-corrected chi connectivity index (χ2v) is 5.98. The average molecular weight is 348 g/mol. The highest BCUT2D eigenvalue weighted by Gasteiger charge is 2.14. The van der Waals surface area contributed by atoms with Crippen LogP contribution < -0.4 is 16.2 Å². The minimum atomic E-state index is -0.255. The number of halogens is 1. The first-order chi connectivity index (χ1) is 12.7. The lowest BCUT2D eigenvalue weighted by atomic mass is 10.2. The van der Waals surface area contributed by atoms with Crippen LogP contribution in [0.2, 0.25) is 0 Å². The van der Waals surface area contributed by atoms with Crippen LogP contribution in [0.5, 0.6) is 0 Å². The van der Waals surface area contributed by atoms with Gasteiger partial charge in [0.2, 0.25) is 0 Å². The van der Waals surface area contributed by atoms with Crippen molar-refractivity contribution in [2.75, 3.05) is 5.32 Å². The molecule has 3 aromatic rings. The van der Waals surface area contributed by atoms with E-state index in [1.165, 1.54) is 12.1 Å². The molecule has 0 unspecified atom stereocenters. The van der Waals surface area contributed by atoms with E-state index >= 15 is 0 Å². The van der Waals surface area contributed by atoms with E-state index in [4.69, 9.17) is 0 Å². The van der Waals surface area contributed by atoms with Gasteiger partial charge in [-0.05, 0) is 35.9 Å². The lowest BCUT2D eigenvalue weighted by Gasteiger charge is -2.12. The lowest BCUT2D eigenvalue weighted by molar-refractivity contribution is -0.113. The monoisotopic (exact) mass is 348 g/mol. The summed E-state index contributed by atoms with van der Waals surface area (Å²) in [5.74, 6) is -0.485. The molecule has 0 aliphatic carbocycles. The Labute approximate surface area is 149 Å². The summed E-state index contributed by atoms with van der Waals surface area (Å²) in [6.07, 6.45) is 7.05. The van der Waals surface area contributed by atoms with Crippen LogP contribution in [0.15, 0.2) is 78.8 Å². The number of hydrogen-bond acceptors (Lipinski definition) is 3. The summed E-state index contributed by atoms with van der Waals surface area (Å²) in [7, 11) is 0. The molecule has 0 saturated carbocycles. The van der Waals surface area contributed by atoms with E-state index in [2.05, 4.69) is 16.2 Å². The van der Waals surface area contributed by atoms with Gasteiger partial charge in [0.1, 0.15) is 11.5 Å². The molecule has 0 spiro atoms. The van der Waals surface area contributed by atoms with Crippen LogP contribution in [0.25, 0.3) is 10.9 Å². The Balaban J connectivity index is 1.65. The number of nitrogens with zero attached hydrogens (tertiary/aromatic N) is 1. The van der Waals surface area contributed by atoms with Crippen LogP contribution in [0, 0.1) is 5.82 Å². The van der Waals surface area contributed by atoms with Crippen LogP contribution >= 0.6 is 0 Å². The zero-order chi connectivity index (χ0) is 17.9. The van der Waals surface area contributed by atoms with Crippen molar-refractivity contribution in [3.8, 4) is 0 Å². The lowest BCUT2D eigenvalue weighted by Crippen LogP contribution is -2.34. The molecule has 0 atom stereocenters. The number of aromatic nitrogens is 1. The minimum absolute atomic E-state index is 0.230. The van der Waals surface area contributed by atoms with Crippen LogP contribution in [-0.4, -0.2) is 10.5 Å². The highest BCUT2D eigenvalue weighted by Crippen LogP contribution is 2.27. The predicted molar refractivity (Wildman–Crippen MR) is 99.6 cm³/mol. The van der Waals surface area contributed by atoms with E-state index in [-0.39, 0.29) is 11.7 Å². The van der Waals surface area contributed by atoms with E-state index in [1.807, 2.05) is 35.0 Å². The van der Waals surface area contributed by atoms with Crippen LogP contribution in [0.4, 0.5) is 10.1 Å². The predicted octanol–water partition coefficient (Wildman–Crippen LogP) is 3.27. The SMILES string of the molecule is O=C(Nc1cn(Cc2ccc(F)cc2)c2ccccc12)C1=CC=CNN1. The first kappa shape index (κ1) is 16.0. The van der Waals surface area contributed by atoms with Gasteiger partial charge in [0, 0.05) is 24.3 Å². The van der Waals surface area contributed by atoms with Gasteiger partial charge in [0.05, 0.1) is 11.2 Å². The largest absolute Gasteiger partial charge is 0.341 e. The third-order valence-corrected chi connectivity index (χ3v) is 4.20. The van der Waals surface area contributed by atoms with Crippen LogP contribution in [-0.2, 0) is 11.3 Å². The van der Waals surface area contributed by atoms with E-state index in [1.54, 1.807) is 30.5 Å². The maximum absolute atomic E-state index is 13.1. The highest BCUT2D eigenvalue weighted by atomic mass is 19.1. The summed E-state index contributed by atoms with van der Waals surface area (Å²) in [4.78, 5) is 12.4. The van der Waals surface area contributed by atoms with Gasteiger partial charge in [-0.3, -0.25) is 10.2 Å². The van der Waals surface area contributed by atoms with Gasteiger partial charge in [-0.15, -0.1) is 0 Å². The summed E-state index contributed by atoms with van der Waals surface area (Å²) >= 11 is 0. The number of nitrogens with one attached hydrogen (secondary N) is 3. The molecule has 0 fully saturated rings. The summed E-state index contributed by atoms with van der Waals surface area (Å²) in [6, 6.07) is 14.3. The normalized spacial score (nSPS) is 13.0. The Kier molecular flexibility index (Phi) is 4.15. The van der Waals surface area contributed by atoms with Crippen LogP contribution in [0.1, 0.15) is 5.56 Å². The third kappa shape index (κ3) is 3.17. The molecular formula is C20H17FN4O. The smallest absolute Gasteiger partial charge is 0.273 e. The van der Waals surface area contributed by atoms with Crippen LogP contribution in [0.3, 0.4) is 0 Å². The second-order valence-electron chi connectivity index (χ2n) is 5.98. The molecular weight excluding hydrogens is 331 g/mol. The first-order valence-electron chi connectivity index (χ1n) is 8.23. The summed E-state index contributed by atoms with van der Waals surface area (Å²) in [6.45, 7) is 0.585. The van der Waals surface area contributed by atoms with Crippen molar-refractivity contribution in [2.45, 2.75) is 6.54 Å². The molecule has 6 heteroatoms. The van der Waals surface area contributed by atoms with Gasteiger partial charge < -0.3 is 15.3 Å². The van der Waals surface area contributed by atoms with Crippen molar-refractivity contribution in [1.29, 1.82) is 0 Å². The first-order valence-corrected chi connectivity index (χ1v) is 8.23. The average Bonchev–Trinajstić information content (AvgIpc) is 3.02. The van der Waals surface area contributed by atoms with Crippen molar-refractivity contribution >= 4 is 22.5 Å². The molecule has 0 radical (unpaired) electrons. The highest BCUT2D eigenvalue weighted by molar-refractivity contribution is 6.08. The number of anilines is 1. The Morgan fingerprint density at radius 2 is 1.92 bits per heavy atom. The Morgan fingerprint density at radius 3 is 2.69 bits per heavy atom. The minimum Gasteiger partial charge on any atom is -0.341 e. The molecule has 1 aliphatic heterocycles. The Bertz CT molecular complexity index is 1020. The fourth-order valence-electron chi connectivity index (χ4n) is 2.94. The zero-order valence-corrected chi connectivity index (χ0v) is 13.9. The summed E-state index contributed by atoms with van der Waals surface area (Å²) in [5, 5.41) is 3.89. The Morgan fingerprint density at radius 1 is 1.12 bits per heavy atom. The number of carbonyl (C=O) groups is 1. The number of carbonyl (C=O) groups excluding carboxylic acids is 1. The molecule has 4 rings (SSSR count). The number of hydrazine groups is 1. The molecule has 1 amide bonds. The van der Waals surface area contributed by atoms with Gasteiger partial charge in [0.15, 0.2) is 0 Å². The molecule has 5 nitrogen and oxygen atoms in total. The molecule has 1 aromatic heterocycles. The number of rotatable bonds is 4. The van der Waals surface area contributed by atoms with E-state index < -0.39 is 0 Å². The summed E-state index contributed by atoms with van der Waals surface area (Å²) in [5.41, 5.74) is 8.73. The molecule has 26 heavy (non-hydrogen) atoms. The topological polar surface area (TPSA) is 58.1 Å². The number of fused-ring (bicyclic) bond motifs is 1. The van der Waals surface area contributed by atoms with Gasteiger partial charge in [-0.25, -0.2) is 4.39 Å². The molecule has 130 valence electrons. The quantitative estimate of drug-likeness (QED) is 0.678. The Hall–Kier alpha value is -3.54. The maximum Gasteiger partial charge on any atom is 0.273 e. The standard InChI is InChI=1S/C20H17FN4O/c21-15-9-7-14(8-10-15)12-25-13-18(16-4-1-2-6-19(16)25)23-20(26)17-5-3-11-22-24-17/h1-11,13,22,24H,12H2,(H,23,26). The number of hydrogen-bond donors (Lipinski definition) is 3. The zero-order valence-electron chi connectivity index (χ0n) is 13.9. The van der Waals surface area contributed by atoms with Gasteiger partial charge in [-0.1, -0.05) is 30.3 Å². The van der Waals surface area contributed by atoms with Crippen molar-refractivity contribution in [1.82, 2.24) is 15.4 Å². The van der Waals surface area contributed by atoms with Crippen molar-refractivity contribution in [3.63, 3.8) is 0 Å². The maximum atomic E-state index is 13.1. The number of allylic oxidation sites excluding steroid dienone is 2. The van der Waals surface area contributed by atoms with Gasteiger partial charge >= 0.3 is 0 Å². The van der Waals surface area contributed by atoms with Gasteiger partial charge in [0.25, 0.3) is 5.91 Å². The van der Waals surface area contributed by atoms with E-state index in [9.17, 15) is 9.18 Å².